The van der Waals surface area contributed by atoms with Gasteiger partial charge in [0.1, 0.15) is 5.75 Å². The third-order valence-corrected chi connectivity index (χ3v) is 3.53. The summed E-state index contributed by atoms with van der Waals surface area (Å²) in [4.78, 5) is 0. The average Bonchev–Trinajstić information content (AvgIpc) is 2.37. The molecule has 1 aromatic carbocycles. The molecule has 0 amide bonds. The molecule has 102 valence electrons. The fraction of sp³-hybridized carbons (Fsp3) is 0.600. The second-order valence-electron chi connectivity index (χ2n) is 4.57. The molecule has 1 rings (SSSR count). The lowest BCUT2D eigenvalue weighted by Gasteiger charge is -2.17. The summed E-state index contributed by atoms with van der Waals surface area (Å²) in [6, 6.07) is 6.14. The van der Waals surface area contributed by atoms with Crippen LogP contribution in [0.4, 0.5) is 0 Å². The summed E-state index contributed by atoms with van der Waals surface area (Å²) in [6.45, 7) is 4.90. The molecule has 0 radical (unpaired) electrons. The van der Waals surface area contributed by atoms with Gasteiger partial charge in [0.25, 0.3) is 0 Å². The molecular weight excluding hydrogens is 290 g/mol. The predicted octanol–water partition coefficient (Wildman–Crippen LogP) is 4.82. The lowest BCUT2D eigenvalue weighted by atomic mass is 10.00. The van der Waals surface area contributed by atoms with Crippen LogP contribution in [0.5, 0.6) is 5.75 Å². The van der Waals surface area contributed by atoms with Crippen molar-refractivity contribution in [3.05, 3.63) is 28.2 Å². The largest absolute Gasteiger partial charge is 0.494 e. The molecule has 0 spiro atoms. The maximum atomic E-state index is 6.28. The number of rotatable bonds is 8. The number of nitrogens with two attached hydrogens (primary N) is 1. The number of halogens is 1. The van der Waals surface area contributed by atoms with Crippen molar-refractivity contribution < 1.29 is 4.74 Å². The molecule has 0 fully saturated rings. The molecule has 0 aliphatic heterocycles. The van der Waals surface area contributed by atoms with Crippen LogP contribution in [0.1, 0.15) is 57.6 Å². The molecule has 0 aliphatic carbocycles. The highest BCUT2D eigenvalue weighted by molar-refractivity contribution is 9.10. The summed E-state index contributed by atoms with van der Waals surface area (Å²) in [7, 11) is 0. The second-order valence-corrected chi connectivity index (χ2v) is 5.49. The molecule has 2 N–H and O–H groups in total. The van der Waals surface area contributed by atoms with Crippen molar-refractivity contribution in [2.75, 3.05) is 6.61 Å². The number of ether oxygens (including phenoxy) is 1. The quantitative estimate of drug-likeness (QED) is 0.698. The molecule has 0 aliphatic rings. The highest BCUT2D eigenvalue weighted by Crippen LogP contribution is 2.30. The van der Waals surface area contributed by atoms with Crippen molar-refractivity contribution in [2.45, 2.75) is 52.0 Å². The summed E-state index contributed by atoms with van der Waals surface area (Å²) in [6.07, 6.45) is 6.03. The van der Waals surface area contributed by atoms with Crippen LogP contribution in [0, 0.1) is 0 Å². The van der Waals surface area contributed by atoms with E-state index in [1.165, 1.54) is 25.7 Å². The lowest BCUT2D eigenvalue weighted by Crippen LogP contribution is -2.12. The van der Waals surface area contributed by atoms with Gasteiger partial charge in [-0.2, -0.15) is 0 Å². The van der Waals surface area contributed by atoms with Gasteiger partial charge in [-0.1, -0.05) is 48.5 Å². The Morgan fingerprint density at radius 1 is 1.22 bits per heavy atom. The molecule has 1 atom stereocenters. The second kappa shape index (κ2) is 8.54. The van der Waals surface area contributed by atoms with E-state index in [4.69, 9.17) is 10.5 Å². The van der Waals surface area contributed by atoms with Crippen LogP contribution in [0.2, 0.25) is 0 Å². The minimum absolute atomic E-state index is 0.0703. The maximum absolute atomic E-state index is 6.28. The van der Waals surface area contributed by atoms with E-state index in [9.17, 15) is 0 Å². The molecule has 1 unspecified atom stereocenters. The van der Waals surface area contributed by atoms with Gasteiger partial charge in [-0.05, 0) is 31.5 Å². The van der Waals surface area contributed by atoms with E-state index in [0.29, 0.717) is 6.61 Å². The van der Waals surface area contributed by atoms with Gasteiger partial charge in [-0.25, -0.2) is 0 Å². The molecule has 0 saturated heterocycles. The van der Waals surface area contributed by atoms with Gasteiger partial charge in [0.2, 0.25) is 0 Å². The third-order valence-electron chi connectivity index (χ3n) is 3.04. The van der Waals surface area contributed by atoms with Gasteiger partial charge in [-0.15, -0.1) is 0 Å². The van der Waals surface area contributed by atoms with Gasteiger partial charge >= 0.3 is 0 Å². The highest BCUT2D eigenvalue weighted by Gasteiger charge is 2.12. The van der Waals surface area contributed by atoms with Crippen LogP contribution in [-0.4, -0.2) is 6.61 Å². The summed E-state index contributed by atoms with van der Waals surface area (Å²) < 4.78 is 6.70. The van der Waals surface area contributed by atoms with Crippen LogP contribution in [0.3, 0.4) is 0 Å². The first kappa shape index (κ1) is 15.5. The van der Waals surface area contributed by atoms with Crippen molar-refractivity contribution in [1.29, 1.82) is 0 Å². The molecule has 1 aromatic rings. The standard InChI is InChI=1S/C15H24BrNO/c1-3-5-6-7-8-14(17)13-11-12(16)9-10-15(13)18-4-2/h9-11,14H,3-8,17H2,1-2H3. The smallest absolute Gasteiger partial charge is 0.124 e. The molecular formula is C15H24BrNO. The average molecular weight is 314 g/mol. The van der Waals surface area contributed by atoms with E-state index in [1.807, 2.05) is 19.1 Å². The Kier molecular flexibility index (Phi) is 7.36. The Balaban J connectivity index is 2.64. The number of hydrogen-bond donors (Lipinski definition) is 1. The molecule has 0 bridgehead atoms. The highest BCUT2D eigenvalue weighted by atomic mass is 79.9. The molecule has 18 heavy (non-hydrogen) atoms. The Morgan fingerprint density at radius 3 is 2.67 bits per heavy atom. The van der Waals surface area contributed by atoms with Gasteiger partial charge < -0.3 is 10.5 Å². The van der Waals surface area contributed by atoms with Crippen molar-refractivity contribution in [1.82, 2.24) is 0 Å². The summed E-state index contributed by atoms with van der Waals surface area (Å²) in [5.74, 6) is 0.920. The van der Waals surface area contributed by atoms with Crippen LogP contribution in [0.25, 0.3) is 0 Å². The van der Waals surface area contributed by atoms with E-state index in [1.54, 1.807) is 0 Å². The Morgan fingerprint density at radius 2 is 2.00 bits per heavy atom. The van der Waals surface area contributed by atoms with Crippen LogP contribution in [-0.2, 0) is 0 Å². The lowest BCUT2D eigenvalue weighted by molar-refractivity contribution is 0.333. The molecule has 3 heteroatoms. The first-order valence-corrected chi connectivity index (χ1v) is 7.66. The van der Waals surface area contributed by atoms with Crippen molar-refractivity contribution >= 4 is 15.9 Å². The zero-order chi connectivity index (χ0) is 13.4. The van der Waals surface area contributed by atoms with Crippen LogP contribution < -0.4 is 10.5 Å². The molecule has 0 aromatic heterocycles. The fourth-order valence-corrected chi connectivity index (χ4v) is 2.42. The molecule has 0 heterocycles. The maximum Gasteiger partial charge on any atom is 0.124 e. The van der Waals surface area contributed by atoms with E-state index < -0.39 is 0 Å². The van der Waals surface area contributed by atoms with Crippen LogP contribution in [0.15, 0.2) is 22.7 Å². The SMILES string of the molecule is CCCCCCC(N)c1cc(Br)ccc1OCC. The van der Waals surface area contributed by atoms with Crippen molar-refractivity contribution in [3.8, 4) is 5.75 Å². The topological polar surface area (TPSA) is 35.2 Å². The van der Waals surface area contributed by atoms with E-state index in [-0.39, 0.29) is 6.04 Å². The Labute approximate surface area is 119 Å². The summed E-state index contributed by atoms with van der Waals surface area (Å²) >= 11 is 3.50. The predicted molar refractivity (Wildman–Crippen MR) is 81.0 cm³/mol. The van der Waals surface area contributed by atoms with E-state index in [2.05, 4.69) is 28.9 Å². The van der Waals surface area contributed by atoms with Crippen LogP contribution >= 0.6 is 15.9 Å². The van der Waals surface area contributed by atoms with E-state index in [0.717, 1.165) is 22.2 Å². The van der Waals surface area contributed by atoms with Crippen molar-refractivity contribution in [3.63, 3.8) is 0 Å². The Hall–Kier alpha value is -0.540. The minimum atomic E-state index is 0.0703. The van der Waals surface area contributed by atoms with Gasteiger partial charge in [0, 0.05) is 16.1 Å². The molecule has 0 saturated carbocycles. The van der Waals surface area contributed by atoms with Gasteiger partial charge in [-0.3, -0.25) is 0 Å². The first-order valence-electron chi connectivity index (χ1n) is 6.86. The van der Waals surface area contributed by atoms with Crippen molar-refractivity contribution in [2.24, 2.45) is 5.73 Å². The van der Waals surface area contributed by atoms with E-state index >= 15 is 0 Å². The first-order chi connectivity index (χ1) is 8.69. The summed E-state index contributed by atoms with van der Waals surface area (Å²) in [5.41, 5.74) is 7.39. The number of hydrogen-bond acceptors (Lipinski definition) is 2. The summed E-state index contributed by atoms with van der Waals surface area (Å²) in [5, 5.41) is 0. The monoisotopic (exact) mass is 313 g/mol. The van der Waals surface area contributed by atoms with Gasteiger partial charge in [0.15, 0.2) is 0 Å². The molecule has 2 nitrogen and oxygen atoms in total. The number of unbranched alkanes of at least 4 members (excludes halogenated alkanes) is 3. The zero-order valence-electron chi connectivity index (χ0n) is 11.4. The fourth-order valence-electron chi connectivity index (χ4n) is 2.04. The normalized spacial score (nSPS) is 12.4. The minimum Gasteiger partial charge on any atom is -0.494 e. The zero-order valence-corrected chi connectivity index (χ0v) is 13.0. The number of benzene rings is 1. The Bertz CT molecular complexity index is 354. The third kappa shape index (κ3) is 4.99. The van der Waals surface area contributed by atoms with Gasteiger partial charge in [0.05, 0.1) is 6.61 Å².